The van der Waals surface area contributed by atoms with Crippen LogP contribution in [0, 0.1) is 19.7 Å². The maximum Gasteiger partial charge on any atom is 0.226 e. The fraction of sp³-hybridized carbons (Fsp3) is 0.233. The molecule has 0 spiro atoms. The highest BCUT2D eigenvalue weighted by atomic mass is 32.1. The van der Waals surface area contributed by atoms with Gasteiger partial charge >= 0.3 is 0 Å². The highest BCUT2D eigenvalue weighted by Crippen LogP contribution is 2.41. The number of halogens is 1. The van der Waals surface area contributed by atoms with Crippen molar-refractivity contribution >= 4 is 28.9 Å². The summed E-state index contributed by atoms with van der Waals surface area (Å²) in [6, 6.07) is 21.3. The van der Waals surface area contributed by atoms with Gasteiger partial charge in [0.2, 0.25) is 5.91 Å². The minimum atomic E-state index is -0.292. The van der Waals surface area contributed by atoms with E-state index in [0.29, 0.717) is 23.1 Å². The van der Waals surface area contributed by atoms with Gasteiger partial charge in [-0.1, -0.05) is 24.3 Å². The Kier molecular flexibility index (Phi) is 7.60. The van der Waals surface area contributed by atoms with Crippen LogP contribution in [0.2, 0.25) is 0 Å². The first-order valence-electron chi connectivity index (χ1n) is 12.7. The van der Waals surface area contributed by atoms with Crippen LogP contribution in [-0.2, 0) is 4.79 Å². The lowest BCUT2D eigenvalue weighted by atomic mass is 9.96. The number of benzene rings is 2. The van der Waals surface area contributed by atoms with Gasteiger partial charge in [0.1, 0.15) is 11.6 Å². The van der Waals surface area contributed by atoms with Crippen molar-refractivity contribution in [1.29, 1.82) is 0 Å². The van der Waals surface area contributed by atoms with E-state index in [1.54, 1.807) is 31.5 Å². The fourth-order valence-corrected chi connectivity index (χ4v) is 5.60. The topological polar surface area (TPSA) is 71.4 Å². The minimum absolute atomic E-state index is 0.146. The molecule has 200 valence electrons. The van der Waals surface area contributed by atoms with Crippen LogP contribution in [0.25, 0.3) is 5.69 Å². The van der Waals surface area contributed by atoms with Crippen molar-refractivity contribution < 1.29 is 13.9 Å². The first-order valence-corrected chi connectivity index (χ1v) is 13.1. The molecule has 0 unspecified atom stereocenters. The molecule has 1 aliphatic heterocycles. The molecule has 2 atom stereocenters. The third-order valence-electron chi connectivity index (χ3n) is 7.01. The molecule has 1 aliphatic rings. The second-order valence-electron chi connectivity index (χ2n) is 9.46. The first-order chi connectivity index (χ1) is 18.9. The van der Waals surface area contributed by atoms with Crippen LogP contribution in [0.1, 0.15) is 41.1 Å². The number of pyridine rings is 1. The fourth-order valence-electron chi connectivity index (χ4n) is 5.27. The second-order valence-corrected chi connectivity index (χ2v) is 9.85. The quantitative estimate of drug-likeness (QED) is 0.281. The van der Waals surface area contributed by atoms with E-state index in [1.807, 2.05) is 59.7 Å². The Morgan fingerprint density at radius 1 is 1.10 bits per heavy atom. The van der Waals surface area contributed by atoms with Gasteiger partial charge in [-0.3, -0.25) is 9.78 Å². The summed E-state index contributed by atoms with van der Waals surface area (Å²) in [5, 5.41) is 6.93. The normalized spacial score (nSPS) is 16.7. The highest BCUT2D eigenvalue weighted by Gasteiger charge is 2.41. The minimum Gasteiger partial charge on any atom is -0.495 e. The number of methoxy groups -OCH3 is 1. The smallest absolute Gasteiger partial charge is 0.226 e. The van der Waals surface area contributed by atoms with Crippen LogP contribution >= 0.6 is 12.2 Å². The summed E-state index contributed by atoms with van der Waals surface area (Å²) in [5.41, 5.74) is 5.19. The van der Waals surface area contributed by atoms with Crippen LogP contribution < -0.4 is 15.4 Å². The largest absolute Gasteiger partial charge is 0.495 e. The Hall–Kier alpha value is -4.24. The van der Waals surface area contributed by atoms with Crippen molar-refractivity contribution in [3.05, 3.63) is 107 Å². The molecule has 7 nitrogen and oxygen atoms in total. The zero-order valence-corrected chi connectivity index (χ0v) is 22.8. The predicted octanol–water partition coefficient (Wildman–Crippen LogP) is 5.64. The standard InChI is InChI=1S/C30H30FN5O2S/c1-19-17-23(20(2)36(19)22-10-8-9-21(31)18-22)29-28(25-12-6-7-15-32-25)34-30(39)35(29)16-14-27(37)33-24-11-4-5-13-26(24)38-3/h4-13,15,17-18,28-29H,14,16H2,1-3H3,(H,33,37)(H,34,39)/t28-,29-/m0/s1. The molecule has 2 N–H and O–H groups in total. The molecule has 0 saturated carbocycles. The third-order valence-corrected chi connectivity index (χ3v) is 7.37. The Morgan fingerprint density at radius 3 is 2.64 bits per heavy atom. The Morgan fingerprint density at radius 2 is 1.90 bits per heavy atom. The van der Waals surface area contributed by atoms with E-state index in [4.69, 9.17) is 17.0 Å². The van der Waals surface area contributed by atoms with Gasteiger partial charge < -0.3 is 24.8 Å². The van der Waals surface area contributed by atoms with E-state index in [0.717, 1.165) is 28.3 Å². The van der Waals surface area contributed by atoms with E-state index >= 15 is 0 Å². The lowest BCUT2D eigenvalue weighted by Gasteiger charge is -2.28. The monoisotopic (exact) mass is 543 g/mol. The first kappa shape index (κ1) is 26.4. The van der Waals surface area contributed by atoms with Gasteiger partial charge in [0.25, 0.3) is 0 Å². The molecule has 9 heteroatoms. The summed E-state index contributed by atoms with van der Waals surface area (Å²) in [5.74, 6) is 0.161. The van der Waals surface area contributed by atoms with Crippen molar-refractivity contribution in [1.82, 2.24) is 19.8 Å². The average molecular weight is 544 g/mol. The number of rotatable bonds is 8. The number of amides is 1. The number of thiocarbonyl (C=S) groups is 1. The number of nitrogens with one attached hydrogen (secondary N) is 2. The number of aryl methyl sites for hydroxylation is 1. The number of nitrogens with zero attached hydrogens (tertiary/aromatic N) is 3. The molecule has 5 rings (SSSR count). The third kappa shape index (κ3) is 5.35. The zero-order valence-electron chi connectivity index (χ0n) is 22.0. The van der Waals surface area contributed by atoms with Gasteiger partial charge in [-0.15, -0.1) is 0 Å². The van der Waals surface area contributed by atoms with Crippen molar-refractivity contribution in [2.75, 3.05) is 19.0 Å². The molecule has 0 radical (unpaired) electrons. The van der Waals surface area contributed by atoms with Crippen LogP contribution in [0.5, 0.6) is 5.75 Å². The number of carbonyl (C=O) groups is 1. The van der Waals surface area contributed by atoms with Crippen molar-refractivity contribution in [2.24, 2.45) is 0 Å². The van der Waals surface area contributed by atoms with Crippen LogP contribution in [0.3, 0.4) is 0 Å². The van der Waals surface area contributed by atoms with Gasteiger partial charge in [0.15, 0.2) is 5.11 Å². The molecule has 0 bridgehead atoms. The number of carbonyl (C=O) groups excluding carboxylic acids is 1. The molecule has 4 aromatic rings. The van der Waals surface area contributed by atoms with Gasteiger partial charge in [0.05, 0.1) is 30.6 Å². The van der Waals surface area contributed by atoms with E-state index in [1.165, 1.54) is 12.1 Å². The van der Waals surface area contributed by atoms with Crippen LogP contribution in [0.4, 0.5) is 10.1 Å². The Labute approximate surface area is 232 Å². The number of hydrogen-bond acceptors (Lipinski definition) is 4. The molecule has 2 aromatic heterocycles. The van der Waals surface area contributed by atoms with E-state index in [9.17, 15) is 9.18 Å². The van der Waals surface area contributed by atoms with Crippen LogP contribution in [0.15, 0.2) is 79.0 Å². The number of para-hydroxylation sites is 2. The van der Waals surface area contributed by atoms with Gasteiger partial charge in [0, 0.05) is 36.2 Å². The summed E-state index contributed by atoms with van der Waals surface area (Å²) in [7, 11) is 1.57. The molecule has 1 saturated heterocycles. The number of anilines is 1. The molecular weight excluding hydrogens is 513 g/mol. The second kappa shape index (κ2) is 11.2. The lowest BCUT2D eigenvalue weighted by Crippen LogP contribution is -2.33. The van der Waals surface area contributed by atoms with Crippen LogP contribution in [-0.4, -0.2) is 39.1 Å². The molecular formula is C30H30FN5O2S. The zero-order chi connectivity index (χ0) is 27.5. The number of hydrogen-bond donors (Lipinski definition) is 2. The lowest BCUT2D eigenvalue weighted by molar-refractivity contribution is -0.116. The molecule has 3 heterocycles. The number of ether oxygens (including phenoxy) is 1. The maximum absolute atomic E-state index is 14.1. The van der Waals surface area contributed by atoms with E-state index < -0.39 is 0 Å². The predicted molar refractivity (Wildman–Crippen MR) is 154 cm³/mol. The van der Waals surface area contributed by atoms with Gasteiger partial charge in [-0.2, -0.15) is 0 Å². The van der Waals surface area contributed by atoms with Gasteiger partial charge in [-0.05, 0) is 80.2 Å². The summed E-state index contributed by atoms with van der Waals surface area (Å²) < 4.78 is 21.5. The molecule has 1 fully saturated rings. The number of aromatic nitrogens is 2. The molecule has 1 amide bonds. The molecule has 2 aromatic carbocycles. The maximum atomic E-state index is 14.1. The van der Waals surface area contributed by atoms with Crippen molar-refractivity contribution in [2.45, 2.75) is 32.4 Å². The summed E-state index contributed by atoms with van der Waals surface area (Å²) >= 11 is 5.79. The molecule has 0 aliphatic carbocycles. The van der Waals surface area contributed by atoms with Crippen molar-refractivity contribution in [3.63, 3.8) is 0 Å². The van der Waals surface area contributed by atoms with E-state index in [2.05, 4.69) is 21.7 Å². The van der Waals surface area contributed by atoms with Gasteiger partial charge in [-0.25, -0.2) is 4.39 Å². The van der Waals surface area contributed by atoms with E-state index in [-0.39, 0.29) is 30.2 Å². The average Bonchev–Trinajstić information content (AvgIpc) is 3.42. The summed E-state index contributed by atoms with van der Waals surface area (Å²) in [6.07, 6.45) is 1.98. The van der Waals surface area contributed by atoms with Crippen molar-refractivity contribution in [3.8, 4) is 11.4 Å². The Balaban J connectivity index is 1.47. The summed E-state index contributed by atoms with van der Waals surface area (Å²) in [4.78, 5) is 19.6. The highest BCUT2D eigenvalue weighted by molar-refractivity contribution is 7.80. The summed E-state index contributed by atoms with van der Waals surface area (Å²) in [6.45, 7) is 4.42. The SMILES string of the molecule is COc1ccccc1NC(=O)CCN1C(=S)N[C@@H](c2ccccn2)[C@@H]1c1cc(C)n(-c2cccc(F)c2)c1C. The molecule has 39 heavy (non-hydrogen) atoms. The Bertz CT molecular complexity index is 1510.